The fraction of sp³-hybridized carbons (Fsp3) is 0.438. The van der Waals surface area contributed by atoms with Crippen LogP contribution in [0.5, 0.6) is 0 Å². The minimum atomic E-state index is 0.721. The number of nitrogens with zero attached hydrogens (tertiary/aromatic N) is 2. The van der Waals surface area contributed by atoms with Gasteiger partial charge in [0.1, 0.15) is 0 Å². The summed E-state index contributed by atoms with van der Waals surface area (Å²) < 4.78 is 0. The Morgan fingerprint density at radius 2 is 2.05 bits per heavy atom. The summed E-state index contributed by atoms with van der Waals surface area (Å²) in [6.45, 7) is 3.38. The lowest BCUT2D eigenvalue weighted by Gasteiger charge is -2.31. The predicted molar refractivity (Wildman–Crippen MR) is 80.5 cm³/mol. The Bertz CT molecular complexity index is 547. The largest absolute Gasteiger partial charge is 0.299 e. The Morgan fingerprint density at radius 3 is 2.84 bits per heavy atom. The molecule has 1 aliphatic rings. The number of halogens is 1. The number of piperidine rings is 1. The molecule has 1 saturated heterocycles. The van der Waals surface area contributed by atoms with Gasteiger partial charge >= 0.3 is 0 Å². The van der Waals surface area contributed by atoms with Crippen molar-refractivity contribution in [3.05, 3.63) is 42.1 Å². The molecule has 19 heavy (non-hydrogen) atoms. The number of benzene rings is 1. The predicted octanol–water partition coefficient (Wildman–Crippen LogP) is 3.69. The first-order valence-electron chi connectivity index (χ1n) is 6.97. The van der Waals surface area contributed by atoms with E-state index >= 15 is 0 Å². The average Bonchev–Trinajstić information content (AvgIpc) is 2.48. The van der Waals surface area contributed by atoms with Crippen LogP contribution in [0.3, 0.4) is 0 Å². The number of hydrogen-bond donors (Lipinski definition) is 0. The molecule has 100 valence electrons. The highest BCUT2D eigenvalue weighted by molar-refractivity contribution is 6.18. The second-order valence-electron chi connectivity index (χ2n) is 5.40. The van der Waals surface area contributed by atoms with E-state index in [4.69, 9.17) is 11.6 Å². The summed E-state index contributed by atoms with van der Waals surface area (Å²) in [6, 6.07) is 10.7. The summed E-state index contributed by atoms with van der Waals surface area (Å²) in [4.78, 5) is 6.89. The molecule has 0 aliphatic carbocycles. The molecular weight excluding hydrogens is 256 g/mol. The van der Waals surface area contributed by atoms with Crippen molar-refractivity contribution in [2.45, 2.75) is 19.4 Å². The van der Waals surface area contributed by atoms with Crippen LogP contribution in [-0.4, -0.2) is 28.9 Å². The monoisotopic (exact) mass is 274 g/mol. The summed E-state index contributed by atoms with van der Waals surface area (Å²) in [6.07, 6.45) is 4.32. The maximum absolute atomic E-state index is 5.93. The van der Waals surface area contributed by atoms with Gasteiger partial charge < -0.3 is 0 Å². The van der Waals surface area contributed by atoms with Crippen LogP contribution in [0.4, 0.5) is 0 Å². The lowest BCUT2D eigenvalue weighted by Crippen LogP contribution is -2.33. The Morgan fingerprint density at radius 1 is 1.21 bits per heavy atom. The van der Waals surface area contributed by atoms with Gasteiger partial charge in [0, 0.05) is 24.0 Å². The topological polar surface area (TPSA) is 16.1 Å². The van der Waals surface area contributed by atoms with E-state index in [2.05, 4.69) is 34.1 Å². The minimum Gasteiger partial charge on any atom is -0.299 e. The standard InChI is InChI=1S/C16H19ClN2/c17-11-13-5-8-19(9-6-13)12-14-3-4-16-15(10-14)2-1-7-18-16/h1-4,7,10,13H,5-6,8-9,11-12H2. The van der Waals surface area contributed by atoms with E-state index in [1.54, 1.807) is 0 Å². The lowest BCUT2D eigenvalue weighted by molar-refractivity contribution is 0.186. The van der Waals surface area contributed by atoms with Crippen LogP contribution in [0.25, 0.3) is 10.9 Å². The van der Waals surface area contributed by atoms with Crippen LogP contribution < -0.4 is 0 Å². The van der Waals surface area contributed by atoms with Crippen molar-refractivity contribution in [2.24, 2.45) is 5.92 Å². The zero-order valence-electron chi connectivity index (χ0n) is 11.1. The molecule has 0 atom stereocenters. The van der Waals surface area contributed by atoms with Crippen molar-refractivity contribution in [3.63, 3.8) is 0 Å². The van der Waals surface area contributed by atoms with Gasteiger partial charge in [0.05, 0.1) is 5.52 Å². The normalized spacial score (nSPS) is 17.9. The fourth-order valence-corrected chi connectivity index (χ4v) is 3.09. The van der Waals surface area contributed by atoms with E-state index in [0.29, 0.717) is 0 Å². The molecule has 0 spiro atoms. The van der Waals surface area contributed by atoms with Gasteiger partial charge in [-0.15, -0.1) is 11.6 Å². The summed E-state index contributed by atoms with van der Waals surface area (Å²) in [5, 5.41) is 1.23. The van der Waals surface area contributed by atoms with E-state index in [0.717, 1.165) is 23.9 Å². The third kappa shape index (κ3) is 3.07. The van der Waals surface area contributed by atoms with E-state index in [9.17, 15) is 0 Å². The molecule has 1 fully saturated rings. The SMILES string of the molecule is ClCC1CCN(Cc2ccc3ncccc3c2)CC1. The van der Waals surface area contributed by atoms with Crippen molar-refractivity contribution in [1.82, 2.24) is 9.88 Å². The van der Waals surface area contributed by atoms with Gasteiger partial charge in [0.25, 0.3) is 0 Å². The highest BCUT2D eigenvalue weighted by Gasteiger charge is 2.18. The van der Waals surface area contributed by atoms with Gasteiger partial charge in [-0.1, -0.05) is 12.1 Å². The second kappa shape index (κ2) is 5.89. The van der Waals surface area contributed by atoms with E-state index in [1.165, 1.54) is 36.9 Å². The Balaban J connectivity index is 1.68. The van der Waals surface area contributed by atoms with Crippen molar-refractivity contribution in [2.75, 3.05) is 19.0 Å². The first-order valence-corrected chi connectivity index (χ1v) is 7.50. The Kier molecular flexibility index (Phi) is 4.00. The highest BCUT2D eigenvalue weighted by atomic mass is 35.5. The smallest absolute Gasteiger partial charge is 0.0702 e. The minimum absolute atomic E-state index is 0.721. The molecule has 3 rings (SSSR count). The summed E-state index contributed by atoms with van der Waals surface area (Å²) in [5.74, 6) is 1.54. The molecule has 0 saturated carbocycles. The second-order valence-corrected chi connectivity index (χ2v) is 5.71. The Hall–Kier alpha value is -1.12. The summed E-state index contributed by atoms with van der Waals surface area (Å²) in [5.41, 5.74) is 2.46. The maximum atomic E-state index is 5.93. The quantitative estimate of drug-likeness (QED) is 0.794. The van der Waals surface area contributed by atoms with E-state index < -0.39 is 0 Å². The fourth-order valence-electron chi connectivity index (χ4n) is 2.78. The molecule has 1 aromatic carbocycles. The number of hydrogen-bond acceptors (Lipinski definition) is 2. The average molecular weight is 275 g/mol. The number of pyridine rings is 1. The lowest BCUT2D eigenvalue weighted by atomic mass is 9.98. The molecule has 3 heteroatoms. The molecular formula is C16H19ClN2. The van der Waals surface area contributed by atoms with E-state index in [1.807, 2.05) is 12.3 Å². The molecule has 0 N–H and O–H groups in total. The van der Waals surface area contributed by atoms with Gasteiger partial charge in [-0.05, 0) is 55.6 Å². The van der Waals surface area contributed by atoms with Crippen LogP contribution in [0.1, 0.15) is 18.4 Å². The zero-order chi connectivity index (χ0) is 13.1. The summed E-state index contributed by atoms with van der Waals surface area (Å²) in [7, 11) is 0. The maximum Gasteiger partial charge on any atom is 0.0702 e. The molecule has 0 amide bonds. The molecule has 0 radical (unpaired) electrons. The van der Waals surface area contributed by atoms with Crippen molar-refractivity contribution in [1.29, 1.82) is 0 Å². The van der Waals surface area contributed by atoms with E-state index in [-0.39, 0.29) is 0 Å². The first kappa shape index (κ1) is 12.9. The summed E-state index contributed by atoms with van der Waals surface area (Å²) >= 11 is 5.93. The van der Waals surface area contributed by atoms with Gasteiger partial charge in [0.15, 0.2) is 0 Å². The third-order valence-electron chi connectivity index (χ3n) is 4.00. The van der Waals surface area contributed by atoms with Gasteiger partial charge in [-0.2, -0.15) is 0 Å². The number of alkyl halides is 1. The molecule has 1 aromatic heterocycles. The molecule has 2 heterocycles. The number of aromatic nitrogens is 1. The number of likely N-dealkylation sites (tertiary alicyclic amines) is 1. The first-order chi connectivity index (χ1) is 9.35. The van der Waals surface area contributed by atoms with Crippen molar-refractivity contribution < 1.29 is 0 Å². The Labute approximate surface area is 119 Å². The van der Waals surface area contributed by atoms with Crippen LogP contribution in [-0.2, 0) is 6.54 Å². The zero-order valence-corrected chi connectivity index (χ0v) is 11.8. The molecule has 0 bridgehead atoms. The molecule has 1 aliphatic heterocycles. The number of fused-ring (bicyclic) bond motifs is 1. The molecule has 2 nitrogen and oxygen atoms in total. The molecule has 2 aromatic rings. The van der Waals surface area contributed by atoms with Gasteiger partial charge in [0.2, 0.25) is 0 Å². The van der Waals surface area contributed by atoms with Gasteiger partial charge in [-0.3, -0.25) is 9.88 Å². The number of rotatable bonds is 3. The van der Waals surface area contributed by atoms with Crippen molar-refractivity contribution in [3.8, 4) is 0 Å². The van der Waals surface area contributed by atoms with Crippen LogP contribution in [0.2, 0.25) is 0 Å². The van der Waals surface area contributed by atoms with Crippen LogP contribution in [0.15, 0.2) is 36.5 Å². The van der Waals surface area contributed by atoms with Crippen molar-refractivity contribution >= 4 is 22.5 Å². The van der Waals surface area contributed by atoms with Gasteiger partial charge in [-0.25, -0.2) is 0 Å². The highest BCUT2D eigenvalue weighted by Crippen LogP contribution is 2.21. The van der Waals surface area contributed by atoms with Crippen LogP contribution >= 0.6 is 11.6 Å². The third-order valence-corrected chi connectivity index (χ3v) is 4.44. The van der Waals surface area contributed by atoms with Crippen LogP contribution in [0, 0.1) is 5.92 Å². The molecule has 0 unspecified atom stereocenters.